The highest BCUT2D eigenvalue weighted by molar-refractivity contribution is 9.14. The van der Waals surface area contributed by atoms with Crippen LogP contribution in [0.1, 0.15) is 0 Å². The maximum atomic E-state index is 12.8. The summed E-state index contributed by atoms with van der Waals surface area (Å²) in [7, 11) is -2.17. The monoisotopic (exact) mass is 426 g/mol. The molecule has 1 aromatic carbocycles. The van der Waals surface area contributed by atoms with Crippen molar-refractivity contribution in [1.82, 2.24) is 0 Å². The van der Waals surface area contributed by atoms with Crippen LogP contribution in [0.15, 0.2) is 19.5 Å². The van der Waals surface area contributed by atoms with Gasteiger partial charge < -0.3 is 15.1 Å². The first-order valence-corrected chi connectivity index (χ1v) is 6.05. The molecule has 0 amide bonds. The van der Waals surface area contributed by atoms with Gasteiger partial charge in [0.1, 0.15) is 5.82 Å². The Bertz CT molecular complexity index is 324. The van der Waals surface area contributed by atoms with Gasteiger partial charge in [-0.05, 0) is 53.9 Å². The highest BCUT2D eigenvalue weighted by Gasteiger charge is 2.10. The Morgan fingerprint density at radius 3 is 1.87 bits per heavy atom. The SMILES string of the molecule is Fc1cc(Cl)c(Br)c(Br)c1Br.OB(O)O. The summed E-state index contributed by atoms with van der Waals surface area (Å²) in [6.45, 7) is 0. The lowest BCUT2D eigenvalue weighted by Crippen LogP contribution is -2.07. The predicted molar refractivity (Wildman–Crippen MR) is 66.9 cm³/mol. The van der Waals surface area contributed by atoms with Gasteiger partial charge in [-0.1, -0.05) is 11.6 Å². The molecular weight excluding hydrogens is 425 g/mol. The van der Waals surface area contributed by atoms with E-state index in [1.54, 1.807) is 0 Å². The van der Waals surface area contributed by atoms with E-state index in [0.717, 1.165) is 0 Å². The molecular formula is C6H4BBr3ClFO3. The topological polar surface area (TPSA) is 60.7 Å². The van der Waals surface area contributed by atoms with Crippen LogP contribution in [-0.4, -0.2) is 22.4 Å². The molecule has 0 unspecified atom stereocenters. The molecule has 1 rings (SSSR count). The van der Waals surface area contributed by atoms with Crippen LogP contribution in [0, 0.1) is 5.82 Å². The highest BCUT2D eigenvalue weighted by atomic mass is 79.9. The molecule has 0 bridgehead atoms. The predicted octanol–water partition coefficient (Wildman–Crippen LogP) is 2.71. The first-order valence-electron chi connectivity index (χ1n) is 3.30. The Morgan fingerprint density at radius 1 is 1.07 bits per heavy atom. The standard InChI is InChI=1S/C6HBr3ClF.BH3O3/c7-4-2(10)1-3(11)5(8)6(4)9;2-1(3)4/h1H;2-4H. The molecule has 0 aliphatic heterocycles. The summed E-state index contributed by atoms with van der Waals surface area (Å²) < 4.78 is 14.4. The largest absolute Gasteiger partial charge is 0.631 e. The van der Waals surface area contributed by atoms with Crippen molar-refractivity contribution in [2.45, 2.75) is 0 Å². The van der Waals surface area contributed by atoms with Gasteiger partial charge >= 0.3 is 7.32 Å². The van der Waals surface area contributed by atoms with Crippen LogP contribution in [-0.2, 0) is 0 Å². The summed E-state index contributed by atoms with van der Waals surface area (Å²) in [6, 6.07) is 1.24. The van der Waals surface area contributed by atoms with Crippen molar-refractivity contribution < 1.29 is 19.5 Å². The smallest absolute Gasteiger partial charge is 0.402 e. The highest BCUT2D eigenvalue weighted by Crippen LogP contribution is 2.37. The average molecular weight is 429 g/mol. The lowest BCUT2D eigenvalue weighted by Gasteiger charge is -2.02. The fourth-order valence-corrected chi connectivity index (χ4v) is 2.14. The second-order valence-corrected chi connectivity index (χ2v) is 4.91. The number of benzene rings is 1. The van der Waals surface area contributed by atoms with Crippen molar-refractivity contribution >= 4 is 66.7 Å². The molecule has 0 atom stereocenters. The van der Waals surface area contributed by atoms with Gasteiger partial charge in [0.05, 0.1) is 18.4 Å². The van der Waals surface area contributed by atoms with Gasteiger partial charge in [-0.15, -0.1) is 0 Å². The molecule has 9 heteroatoms. The van der Waals surface area contributed by atoms with E-state index in [-0.39, 0.29) is 5.82 Å². The van der Waals surface area contributed by atoms with Gasteiger partial charge in [0, 0.05) is 0 Å². The van der Waals surface area contributed by atoms with E-state index >= 15 is 0 Å². The zero-order valence-corrected chi connectivity index (χ0v) is 12.4. The van der Waals surface area contributed by atoms with Crippen LogP contribution in [0.5, 0.6) is 0 Å². The maximum Gasteiger partial charge on any atom is 0.631 e. The number of hydrogen-bond acceptors (Lipinski definition) is 3. The second-order valence-electron chi connectivity index (χ2n) is 2.13. The van der Waals surface area contributed by atoms with Crippen molar-refractivity contribution in [1.29, 1.82) is 0 Å². The van der Waals surface area contributed by atoms with E-state index in [9.17, 15) is 4.39 Å². The zero-order valence-electron chi connectivity index (χ0n) is 6.89. The van der Waals surface area contributed by atoms with Gasteiger partial charge in [-0.2, -0.15) is 0 Å². The fourth-order valence-electron chi connectivity index (χ4n) is 0.544. The molecule has 3 N–H and O–H groups in total. The van der Waals surface area contributed by atoms with Crippen LogP contribution in [0.25, 0.3) is 0 Å². The Balaban J connectivity index is 0.000000423. The molecule has 84 valence electrons. The summed E-state index contributed by atoms with van der Waals surface area (Å²) in [5, 5.41) is 21.8. The summed E-state index contributed by atoms with van der Waals surface area (Å²) in [5.41, 5.74) is 0. The van der Waals surface area contributed by atoms with Gasteiger partial charge in [0.25, 0.3) is 0 Å². The quantitative estimate of drug-likeness (QED) is 0.338. The van der Waals surface area contributed by atoms with Crippen LogP contribution in [0.3, 0.4) is 0 Å². The summed E-state index contributed by atoms with van der Waals surface area (Å²) in [6.07, 6.45) is 0. The third-order valence-electron chi connectivity index (χ3n) is 1.06. The minimum absolute atomic E-state index is 0.345. The minimum Gasteiger partial charge on any atom is -0.402 e. The molecule has 3 nitrogen and oxygen atoms in total. The van der Waals surface area contributed by atoms with Crippen LogP contribution < -0.4 is 0 Å². The maximum absolute atomic E-state index is 12.8. The Labute approximate surface area is 116 Å². The third-order valence-corrected chi connectivity index (χ3v) is 5.04. The van der Waals surface area contributed by atoms with Crippen LogP contribution in [0.2, 0.25) is 5.02 Å². The molecule has 0 saturated carbocycles. The number of hydrogen-bond donors (Lipinski definition) is 3. The first-order chi connectivity index (χ1) is 6.77. The van der Waals surface area contributed by atoms with Crippen LogP contribution >= 0.6 is 59.4 Å². The summed E-state index contributed by atoms with van der Waals surface area (Å²) in [4.78, 5) is 0. The first kappa shape index (κ1) is 15.8. The van der Waals surface area contributed by atoms with Crippen molar-refractivity contribution in [2.24, 2.45) is 0 Å². The molecule has 0 aliphatic carbocycles. The van der Waals surface area contributed by atoms with Crippen LogP contribution in [0.4, 0.5) is 4.39 Å². The van der Waals surface area contributed by atoms with Gasteiger partial charge in [0.15, 0.2) is 0 Å². The van der Waals surface area contributed by atoms with Crippen molar-refractivity contribution in [2.75, 3.05) is 0 Å². The fraction of sp³-hybridized carbons (Fsp3) is 0. The molecule has 0 saturated heterocycles. The van der Waals surface area contributed by atoms with Crippen molar-refractivity contribution in [3.8, 4) is 0 Å². The van der Waals surface area contributed by atoms with E-state index in [0.29, 0.717) is 18.4 Å². The molecule has 0 aromatic heterocycles. The number of rotatable bonds is 0. The number of halogens is 5. The van der Waals surface area contributed by atoms with E-state index in [4.69, 9.17) is 26.7 Å². The van der Waals surface area contributed by atoms with E-state index < -0.39 is 7.32 Å². The molecule has 15 heavy (non-hydrogen) atoms. The van der Waals surface area contributed by atoms with Gasteiger partial charge in [-0.25, -0.2) is 4.39 Å². The molecule has 1 aromatic rings. The molecule has 0 fully saturated rings. The second kappa shape index (κ2) is 7.21. The van der Waals surface area contributed by atoms with Gasteiger partial charge in [0.2, 0.25) is 0 Å². The average Bonchev–Trinajstić information content (AvgIpc) is 2.11. The third kappa shape index (κ3) is 5.62. The van der Waals surface area contributed by atoms with Crippen molar-refractivity contribution in [3.05, 3.63) is 30.3 Å². The summed E-state index contributed by atoms with van der Waals surface area (Å²) in [5.74, 6) is -0.384. The molecule has 0 heterocycles. The molecule has 0 aliphatic rings. The Morgan fingerprint density at radius 2 is 1.47 bits per heavy atom. The van der Waals surface area contributed by atoms with E-state index in [2.05, 4.69) is 47.8 Å². The van der Waals surface area contributed by atoms with Gasteiger partial charge in [-0.3, -0.25) is 0 Å². The Hall–Kier alpha value is 0.825. The van der Waals surface area contributed by atoms with E-state index in [1.165, 1.54) is 6.07 Å². The molecule has 0 spiro atoms. The van der Waals surface area contributed by atoms with Crippen molar-refractivity contribution in [3.63, 3.8) is 0 Å². The molecule has 0 radical (unpaired) electrons. The summed E-state index contributed by atoms with van der Waals surface area (Å²) >= 11 is 15.1. The zero-order chi connectivity index (χ0) is 12.2. The minimum atomic E-state index is -2.17. The van der Waals surface area contributed by atoms with E-state index in [1.807, 2.05) is 0 Å². The normalized spacial score (nSPS) is 9.33. The lowest BCUT2D eigenvalue weighted by atomic mass is 10.3. The lowest BCUT2D eigenvalue weighted by molar-refractivity contribution is 0.278. The Kier molecular flexibility index (Phi) is 7.61.